The lowest BCUT2D eigenvalue weighted by atomic mass is 9.90. The molecule has 0 amide bonds. The van der Waals surface area contributed by atoms with Gasteiger partial charge in [-0.05, 0) is 142 Å². The number of aryl methyl sites for hydroxylation is 2. The second-order valence-electron chi connectivity index (χ2n) is 13.5. The normalized spacial score (nSPS) is 22.4. The Morgan fingerprint density at radius 3 is 2.21 bits per heavy atom. The zero-order chi connectivity index (χ0) is 32.5. The third-order valence-corrected chi connectivity index (χ3v) is 12.6. The standard InChI is InChI=1S/C38H46N8S2/c39-37(35-5-3-21-47-35)43-28-8-11-32-26(23-28)6-9-33(46(32)29-14-17-41-18-15-29)34-12-13-36(48-34)38(40)44-27-7-10-31-25(22-27)4-1-2-20-45(31)30-16-19-42-24-30/h3,5,7-8,10-13,21-23,29-30,33,41-42H,1-2,4,6,9,14-20,24H2,(H2,39,43)(H2,40,44). The molecule has 2 saturated heterocycles. The van der Waals surface area contributed by atoms with E-state index in [1.54, 1.807) is 22.7 Å². The van der Waals surface area contributed by atoms with Gasteiger partial charge in [-0.15, -0.1) is 22.7 Å². The Bertz CT molecular complexity index is 1780. The van der Waals surface area contributed by atoms with Crippen molar-refractivity contribution < 1.29 is 0 Å². The molecule has 4 aliphatic rings. The molecule has 4 aromatic rings. The molecule has 0 saturated carbocycles. The number of nitrogens with zero attached hydrogens (tertiary/aromatic N) is 4. The molecule has 2 unspecified atom stereocenters. The van der Waals surface area contributed by atoms with Crippen LogP contribution < -0.4 is 31.9 Å². The number of nitrogens with two attached hydrogens (primary N) is 2. The molecule has 2 atom stereocenters. The number of thiophene rings is 2. The van der Waals surface area contributed by atoms with Gasteiger partial charge in [0.1, 0.15) is 11.7 Å². The highest BCUT2D eigenvalue weighted by atomic mass is 32.1. The minimum Gasteiger partial charge on any atom is -0.383 e. The van der Waals surface area contributed by atoms with Gasteiger partial charge in [0, 0.05) is 41.4 Å². The predicted octanol–water partition coefficient (Wildman–Crippen LogP) is 6.63. The molecule has 10 heteroatoms. The van der Waals surface area contributed by atoms with Gasteiger partial charge in [0.15, 0.2) is 0 Å². The number of hydrogen-bond acceptors (Lipinski definition) is 8. The van der Waals surface area contributed by atoms with Crippen molar-refractivity contribution in [3.05, 3.63) is 91.8 Å². The maximum Gasteiger partial charge on any atom is 0.141 e. The highest BCUT2D eigenvalue weighted by Crippen LogP contribution is 2.44. The van der Waals surface area contributed by atoms with E-state index in [0.717, 1.165) is 86.0 Å². The van der Waals surface area contributed by atoms with Crippen LogP contribution >= 0.6 is 22.7 Å². The molecule has 6 N–H and O–H groups in total. The number of piperidine rings is 1. The van der Waals surface area contributed by atoms with Crippen molar-refractivity contribution in [3.63, 3.8) is 0 Å². The fourth-order valence-electron chi connectivity index (χ4n) is 8.12. The SMILES string of the molecule is NC(=Nc1ccc2c(c1)CCC(c1ccc(C(N)=Nc3ccc4c(c3)CCCCN4C3CCNC3)s1)N2C1CCNCC1)c1cccs1. The summed E-state index contributed by atoms with van der Waals surface area (Å²) in [4.78, 5) is 18.5. The fourth-order valence-corrected chi connectivity index (χ4v) is 9.79. The van der Waals surface area contributed by atoms with E-state index >= 15 is 0 Å². The zero-order valence-corrected chi connectivity index (χ0v) is 29.2. The molecule has 8 rings (SSSR count). The molecule has 6 heterocycles. The van der Waals surface area contributed by atoms with Crippen LogP contribution in [0.4, 0.5) is 22.7 Å². The number of hydrogen-bond donors (Lipinski definition) is 4. The van der Waals surface area contributed by atoms with Gasteiger partial charge in [-0.1, -0.05) is 6.07 Å². The summed E-state index contributed by atoms with van der Waals surface area (Å²) in [7, 11) is 0. The first kappa shape index (κ1) is 31.6. The minimum absolute atomic E-state index is 0.307. The Morgan fingerprint density at radius 2 is 1.46 bits per heavy atom. The number of rotatable bonds is 7. The molecule has 4 aliphatic heterocycles. The maximum atomic E-state index is 6.75. The number of fused-ring (bicyclic) bond motifs is 2. The first-order valence-electron chi connectivity index (χ1n) is 17.7. The second kappa shape index (κ2) is 14.0. The van der Waals surface area contributed by atoms with E-state index in [9.17, 15) is 0 Å². The van der Waals surface area contributed by atoms with Gasteiger partial charge in [-0.2, -0.15) is 0 Å². The second-order valence-corrected chi connectivity index (χ2v) is 15.6. The summed E-state index contributed by atoms with van der Waals surface area (Å²) in [5.74, 6) is 1.18. The zero-order valence-electron chi connectivity index (χ0n) is 27.5. The van der Waals surface area contributed by atoms with Gasteiger partial charge in [0.2, 0.25) is 0 Å². The third-order valence-electron chi connectivity index (χ3n) is 10.5. The number of amidine groups is 2. The van der Waals surface area contributed by atoms with Crippen LogP contribution in [0.5, 0.6) is 0 Å². The van der Waals surface area contributed by atoms with Gasteiger partial charge in [-0.25, -0.2) is 9.98 Å². The summed E-state index contributed by atoms with van der Waals surface area (Å²) in [6.45, 7) is 5.43. The van der Waals surface area contributed by atoms with Crippen molar-refractivity contribution in [2.24, 2.45) is 21.5 Å². The molecular formula is C38H46N8S2. The molecule has 2 aromatic carbocycles. The van der Waals surface area contributed by atoms with E-state index in [-0.39, 0.29) is 0 Å². The fraction of sp³-hybridized carbons (Fsp3) is 0.421. The third kappa shape index (κ3) is 6.51. The van der Waals surface area contributed by atoms with Crippen LogP contribution in [0.2, 0.25) is 0 Å². The van der Waals surface area contributed by atoms with Crippen LogP contribution in [-0.2, 0) is 12.8 Å². The van der Waals surface area contributed by atoms with Crippen LogP contribution in [0.1, 0.15) is 70.3 Å². The lowest BCUT2D eigenvalue weighted by molar-refractivity contribution is 0.387. The van der Waals surface area contributed by atoms with E-state index < -0.39 is 0 Å². The van der Waals surface area contributed by atoms with Crippen molar-refractivity contribution in [2.75, 3.05) is 42.5 Å². The van der Waals surface area contributed by atoms with E-state index in [4.69, 9.17) is 21.5 Å². The Hall–Kier alpha value is -3.70. The summed E-state index contributed by atoms with van der Waals surface area (Å²) in [6.07, 6.45) is 9.11. The van der Waals surface area contributed by atoms with Gasteiger partial charge < -0.3 is 31.9 Å². The molecule has 2 aromatic heterocycles. The lowest BCUT2D eigenvalue weighted by Crippen LogP contribution is -2.46. The highest BCUT2D eigenvalue weighted by molar-refractivity contribution is 7.14. The van der Waals surface area contributed by atoms with E-state index in [1.807, 2.05) is 17.5 Å². The monoisotopic (exact) mass is 678 g/mol. The Balaban J connectivity index is 1.05. The van der Waals surface area contributed by atoms with Crippen LogP contribution in [-0.4, -0.2) is 56.5 Å². The lowest BCUT2D eigenvalue weighted by Gasteiger charge is -2.45. The van der Waals surface area contributed by atoms with Crippen molar-refractivity contribution in [3.8, 4) is 0 Å². The van der Waals surface area contributed by atoms with E-state index in [1.165, 1.54) is 46.6 Å². The summed E-state index contributed by atoms with van der Waals surface area (Å²) in [5.41, 5.74) is 20.4. The number of nitrogens with one attached hydrogen (secondary N) is 2. The number of aliphatic imine (C=N–C) groups is 2. The number of anilines is 2. The molecule has 8 nitrogen and oxygen atoms in total. The summed E-state index contributed by atoms with van der Waals surface area (Å²) >= 11 is 3.42. The Kier molecular flexibility index (Phi) is 9.23. The molecule has 2 fully saturated rings. The van der Waals surface area contributed by atoms with Gasteiger partial charge in [0.25, 0.3) is 0 Å². The van der Waals surface area contributed by atoms with Gasteiger partial charge in [-0.3, -0.25) is 0 Å². The molecule has 0 aliphatic carbocycles. The van der Waals surface area contributed by atoms with Crippen molar-refractivity contribution in [1.29, 1.82) is 0 Å². The van der Waals surface area contributed by atoms with E-state index in [0.29, 0.717) is 29.8 Å². The Morgan fingerprint density at radius 1 is 0.729 bits per heavy atom. The summed E-state index contributed by atoms with van der Waals surface area (Å²) in [5, 5.41) is 9.15. The van der Waals surface area contributed by atoms with Crippen molar-refractivity contribution in [2.45, 2.75) is 69.5 Å². The van der Waals surface area contributed by atoms with Crippen LogP contribution in [0.15, 0.2) is 76.0 Å². The van der Waals surface area contributed by atoms with Crippen molar-refractivity contribution in [1.82, 2.24) is 10.6 Å². The van der Waals surface area contributed by atoms with Crippen LogP contribution in [0.25, 0.3) is 0 Å². The van der Waals surface area contributed by atoms with Gasteiger partial charge >= 0.3 is 0 Å². The quantitative estimate of drug-likeness (QED) is 0.129. The van der Waals surface area contributed by atoms with Crippen molar-refractivity contribution >= 4 is 57.1 Å². The average Bonchev–Trinajstić information content (AvgIpc) is 3.91. The van der Waals surface area contributed by atoms with Crippen LogP contribution in [0, 0.1) is 0 Å². The molecule has 48 heavy (non-hydrogen) atoms. The average molecular weight is 679 g/mol. The van der Waals surface area contributed by atoms with Gasteiger partial charge in [0.05, 0.1) is 27.2 Å². The van der Waals surface area contributed by atoms with E-state index in [2.05, 4.69) is 69.0 Å². The highest BCUT2D eigenvalue weighted by Gasteiger charge is 2.34. The van der Waals surface area contributed by atoms with Crippen LogP contribution in [0.3, 0.4) is 0 Å². The molecule has 0 radical (unpaired) electrons. The smallest absolute Gasteiger partial charge is 0.141 e. The first-order chi connectivity index (χ1) is 23.6. The maximum absolute atomic E-state index is 6.75. The molecular weight excluding hydrogens is 633 g/mol. The predicted molar refractivity (Wildman–Crippen MR) is 203 cm³/mol. The molecule has 250 valence electrons. The minimum atomic E-state index is 0.307. The number of benzene rings is 2. The first-order valence-corrected chi connectivity index (χ1v) is 19.3. The molecule has 0 spiro atoms. The Labute approximate surface area is 292 Å². The molecule has 0 bridgehead atoms. The summed E-state index contributed by atoms with van der Waals surface area (Å²) in [6, 6.07) is 23.3. The topological polar surface area (TPSA) is 107 Å². The largest absolute Gasteiger partial charge is 0.383 e. The summed E-state index contributed by atoms with van der Waals surface area (Å²) < 4.78 is 0.